The number of aromatic nitrogens is 4. The fourth-order valence-electron chi connectivity index (χ4n) is 5.12. The van der Waals surface area contributed by atoms with Gasteiger partial charge in [-0.2, -0.15) is 4.80 Å². The van der Waals surface area contributed by atoms with E-state index in [1.165, 1.54) is 4.80 Å². The minimum Gasteiger partial charge on any atom is -0.378 e. The lowest BCUT2D eigenvalue weighted by atomic mass is 9.99. The molecular formula is C32H36ClN7O3. The van der Waals surface area contributed by atoms with E-state index in [0.29, 0.717) is 35.2 Å². The molecule has 0 bridgehead atoms. The Morgan fingerprint density at radius 3 is 2.49 bits per heavy atom. The molecule has 2 amide bonds. The Morgan fingerprint density at radius 2 is 1.81 bits per heavy atom. The summed E-state index contributed by atoms with van der Waals surface area (Å²) < 4.78 is 5.75. The average molecular weight is 602 g/mol. The van der Waals surface area contributed by atoms with Gasteiger partial charge in [0.1, 0.15) is 12.6 Å². The van der Waals surface area contributed by atoms with Crippen molar-refractivity contribution < 1.29 is 14.3 Å². The Hall–Kier alpha value is -4.28. The van der Waals surface area contributed by atoms with Crippen molar-refractivity contribution in [2.45, 2.75) is 45.4 Å². The second-order valence-corrected chi connectivity index (χ2v) is 11.3. The molecule has 2 heterocycles. The predicted molar refractivity (Wildman–Crippen MR) is 167 cm³/mol. The number of hydrogen-bond donors (Lipinski definition) is 1. The van der Waals surface area contributed by atoms with Gasteiger partial charge < -0.3 is 15.0 Å². The van der Waals surface area contributed by atoms with Crippen molar-refractivity contribution in [2.75, 3.05) is 37.0 Å². The second-order valence-electron chi connectivity index (χ2n) is 10.9. The molecule has 11 heteroatoms. The van der Waals surface area contributed by atoms with Gasteiger partial charge >= 0.3 is 0 Å². The Kier molecular flexibility index (Phi) is 9.37. The molecule has 43 heavy (non-hydrogen) atoms. The summed E-state index contributed by atoms with van der Waals surface area (Å²) in [5, 5.41) is 16.4. The number of nitrogens with one attached hydrogen (secondary N) is 1. The van der Waals surface area contributed by atoms with E-state index in [0.717, 1.165) is 35.2 Å². The van der Waals surface area contributed by atoms with E-state index in [2.05, 4.69) is 20.7 Å². The maximum atomic E-state index is 14.3. The van der Waals surface area contributed by atoms with Crippen molar-refractivity contribution in [2.24, 2.45) is 0 Å². The van der Waals surface area contributed by atoms with E-state index in [1.807, 2.05) is 75.3 Å². The Labute approximate surface area is 256 Å². The maximum absolute atomic E-state index is 14.3. The van der Waals surface area contributed by atoms with Crippen LogP contribution in [0.25, 0.3) is 11.4 Å². The molecule has 0 saturated carbocycles. The molecule has 0 unspecified atom stereocenters. The molecule has 3 aromatic carbocycles. The molecule has 0 spiro atoms. The fraction of sp³-hybridized carbons (Fsp3) is 0.344. The third kappa shape index (κ3) is 7.03. The lowest BCUT2D eigenvalue weighted by Gasteiger charge is -2.33. The quantitative estimate of drug-likeness (QED) is 0.280. The lowest BCUT2D eigenvalue weighted by Crippen LogP contribution is -2.47. The Morgan fingerprint density at radius 1 is 1.07 bits per heavy atom. The summed E-state index contributed by atoms with van der Waals surface area (Å²) in [6.45, 7) is 4.77. The summed E-state index contributed by atoms with van der Waals surface area (Å²) >= 11 is 6.03. The van der Waals surface area contributed by atoms with E-state index in [-0.39, 0.29) is 24.5 Å². The number of carbonyl (C=O) groups excluding carboxylic acids is 2. The molecule has 1 aliphatic rings. The van der Waals surface area contributed by atoms with Crippen LogP contribution in [-0.4, -0.2) is 65.4 Å². The number of ether oxygens (including phenoxy) is 1. The summed E-state index contributed by atoms with van der Waals surface area (Å²) in [6, 6.07) is 19.5. The van der Waals surface area contributed by atoms with Gasteiger partial charge in [0.2, 0.25) is 11.7 Å². The van der Waals surface area contributed by atoms with Crippen LogP contribution in [0.4, 0.5) is 11.4 Å². The second kappa shape index (κ2) is 13.4. The van der Waals surface area contributed by atoms with Crippen LogP contribution in [0.3, 0.4) is 0 Å². The van der Waals surface area contributed by atoms with Crippen LogP contribution in [0.2, 0.25) is 5.02 Å². The third-order valence-electron chi connectivity index (χ3n) is 7.70. The van der Waals surface area contributed by atoms with E-state index < -0.39 is 6.04 Å². The number of aryl methyl sites for hydroxylation is 1. The molecule has 0 radical (unpaired) electrons. The third-order valence-corrected chi connectivity index (χ3v) is 7.95. The highest BCUT2D eigenvalue weighted by Gasteiger charge is 2.35. The molecule has 5 rings (SSSR count). The molecule has 1 aromatic heterocycles. The van der Waals surface area contributed by atoms with E-state index in [9.17, 15) is 9.59 Å². The van der Waals surface area contributed by atoms with Crippen LogP contribution in [-0.2, 0) is 20.9 Å². The van der Waals surface area contributed by atoms with Gasteiger partial charge in [-0.3, -0.25) is 14.5 Å². The molecule has 224 valence electrons. The van der Waals surface area contributed by atoms with Crippen molar-refractivity contribution in [1.82, 2.24) is 25.5 Å². The van der Waals surface area contributed by atoms with Crippen molar-refractivity contribution in [3.63, 3.8) is 0 Å². The van der Waals surface area contributed by atoms with E-state index >= 15 is 0 Å². The monoisotopic (exact) mass is 601 g/mol. The van der Waals surface area contributed by atoms with Gasteiger partial charge in [0, 0.05) is 49.2 Å². The van der Waals surface area contributed by atoms with Crippen molar-refractivity contribution in [1.29, 1.82) is 0 Å². The Bertz CT molecular complexity index is 1560. The number of carbonyl (C=O) groups is 2. The average Bonchev–Trinajstić information content (AvgIpc) is 3.69. The summed E-state index contributed by atoms with van der Waals surface area (Å²) in [5.74, 6) is -0.286. The van der Waals surface area contributed by atoms with Crippen LogP contribution < -0.4 is 15.1 Å². The number of nitrogens with zero attached hydrogens (tertiary/aromatic N) is 6. The zero-order valence-electron chi connectivity index (χ0n) is 24.8. The minimum atomic E-state index is -0.954. The number of hydrogen-bond acceptors (Lipinski definition) is 7. The van der Waals surface area contributed by atoms with E-state index in [1.54, 1.807) is 29.2 Å². The zero-order chi connectivity index (χ0) is 30.5. The predicted octanol–water partition coefficient (Wildman–Crippen LogP) is 4.75. The first-order valence-electron chi connectivity index (χ1n) is 14.3. The van der Waals surface area contributed by atoms with Gasteiger partial charge in [-0.25, -0.2) is 0 Å². The zero-order valence-corrected chi connectivity index (χ0v) is 25.6. The molecule has 1 fully saturated rings. The SMILES string of the molecule is Cc1cccc(N(C(=O)Cn2nnc(-c3ccc(Cl)cc3)n2)[C@@H](C(=O)NC[C@@H]2CCCO2)c2ccc(N(C)C)cc2)c1C. The fourth-order valence-corrected chi connectivity index (χ4v) is 5.25. The number of halogens is 1. The van der Waals surface area contributed by atoms with Gasteiger partial charge in [-0.05, 0) is 91.1 Å². The number of amides is 2. The number of benzene rings is 3. The van der Waals surface area contributed by atoms with Crippen LogP contribution in [0.1, 0.15) is 35.6 Å². The largest absolute Gasteiger partial charge is 0.378 e. The van der Waals surface area contributed by atoms with Gasteiger partial charge in [0.15, 0.2) is 0 Å². The normalized spacial score (nSPS) is 15.2. The van der Waals surface area contributed by atoms with Crippen molar-refractivity contribution in [3.05, 3.63) is 88.4 Å². The molecule has 1 saturated heterocycles. The first kappa shape index (κ1) is 30.2. The molecule has 4 aromatic rings. The highest BCUT2D eigenvalue weighted by molar-refractivity contribution is 6.30. The van der Waals surface area contributed by atoms with Crippen LogP contribution in [0.15, 0.2) is 66.7 Å². The molecule has 1 aliphatic heterocycles. The lowest BCUT2D eigenvalue weighted by molar-refractivity contribution is -0.127. The molecule has 1 N–H and O–H groups in total. The van der Waals surface area contributed by atoms with Crippen LogP contribution in [0.5, 0.6) is 0 Å². The molecule has 0 aliphatic carbocycles. The highest BCUT2D eigenvalue weighted by atomic mass is 35.5. The van der Waals surface area contributed by atoms with E-state index in [4.69, 9.17) is 16.3 Å². The number of rotatable bonds is 10. The first-order valence-corrected chi connectivity index (χ1v) is 14.7. The summed E-state index contributed by atoms with van der Waals surface area (Å²) in [6.07, 6.45) is 1.80. The van der Waals surface area contributed by atoms with Gasteiger partial charge in [0.25, 0.3) is 5.91 Å². The smallest absolute Gasteiger partial charge is 0.251 e. The summed E-state index contributed by atoms with van der Waals surface area (Å²) in [5.41, 5.74) is 4.91. The standard InChI is InChI=1S/C32H36ClN7O3/c1-21-7-5-9-28(22(21)2)40(29(41)20-39-36-31(35-37-39)24-10-14-25(33)15-11-24)30(23-12-16-26(17-13-23)38(3)4)32(42)34-19-27-8-6-18-43-27/h5,7,9-17,27,30H,6,8,18-20H2,1-4H3,(H,34,42)/t27-,30+/m0/s1. The molecular weight excluding hydrogens is 566 g/mol. The van der Waals surface area contributed by atoms with Gasteiger partial charge in [0.05, 0.1) is 6.10 Å². The number of tetrazole rings is 1. The summed E-state index contributed by atoms with van der Waals surface area (Å²) in [4.78, 5) is 33.2. The topological polar surface area (TPSA) is 105 Å². The first-order chi connectivity index (χ1) is 20.7. The van der Waals surface area contributed by atoms with Crippen molar-refractivity contribution in [3.8, 4) is 11.4 Å². The maximum Gasteiger partial charge on any atom is 0.251 e. The number of anilines is 2. The molecule has 10 nitrogen and oxygen atoms in total. The van der Waals surface area contributed by atoms with Gasteiger partial charge in [-0.1, -0.05) is 35.9 Å². The van der Waals surface area contributed by atoms with Crippen LogP contribution in [0, 0.1) is 13.8 Å². The van der Waals surface area contributed by atoms with Gasteiger partial charge in [-0.15, -0.1) is 10.2 Å². The molecule has 2 atom stereocenters. The highest BCUT2D eigenvalue weighted by Crippen LogP contribution is 2.33. The van der Waals surface area contributed by atoms with Crippen LogP contribution >= 0.6 is 11.6 Å². The summed E-state index contributed by atoms with van der Waals surface area (Å²) in [7, 11) is 3.91. The Balaban J connectivity index is 1.52. The van der Waals surface area contributed by atoms with Crippen molar-refractivity contribution >= 4 is 34.8 Å². The minimum absolute atomic E-state index is 0.0452.